The van der Waals surface area contributed by atoms with Crippen LogP contribution in [0.4, 0.5) is 10.1 Å². The Labute approximate surface area is 186 Å². The highest BCUT2D eigenvalue weighted by Gasteiger charge is 2.23. The standard InChI is InChI=1S/C25H23FN2O3S/c1-17-11-12-18(2)19(13-17)16-32(30,31)24-14-28(23-10-6-3-7-20(23)24)15-25(29)27-22-9-5-4-8-21(22)26/h3-14H,15-16H2,1-2H3,(H,27,29). The quantitative estimate of drug-likeness (QED) is 0.449. The lowest BCUT2D eigenvalue weighted by atomic mass is 10.1. The zero-order chi connectivity index (χ0) is 22.9. The van der Waals surface area contributed by atoms with Crippen LogP contribution in [0.25, 0.3) is 10.9 Å². The molecule has 32 heavy (non-hydrogen) atoms. The van der Waals surface area contributed by atoms with Gasteiger partial charge in [0, 0.05) is 17.1 Å². The molecule has 0 spiro atoms. The van der Waals surface area contributed by atoms with Gasteiger partial charge < -0.3 is 9.88 Å². The number of aromatic nitrogens is 1. The van der Waals surface area contributed by atoms with E-state index in [-0.39, 0.29) is 22.9 Å². The molecule has 0 radical (unpaired) electrons. The van der Waals surface area contributed by atoms with Crippen LogP contribution in [0, 0.1) is 19.7 Å². The highest BCUT2D eigenvalue weighted by Crippen LogP contribution is 2.29. The lowest BCUT2D eigenvalue weighted by Gasteiger charge is -2.08. The molecule has 7 heteroatoms. The minimum atomic E-state index is -3.67. The summed E-state index contributed by atoms with van der Waals surface area (Å²) in [6, 6.07) is 18.7. The van der Waals surface area contributed by atoms with E-state index in [1.165, 1.54) is 24.4 Å². The van der Waals surface area contributed by atoms with Gasteiger partial charge in [-0.2, -0.15) is 0 Å². The molecule has 3 aromatic carbocycles. The molecule has 0 fully saturated rings. The molecule has 0 aliphatic heterocycles. The number of rotatable bonds is 6. The zero-order valence-electron chi connectivity index (χ0n) is 17.8. The van der Waals surface area contributed by atoms with Gasteiger partial charge in [-0.25, -0.2) is 12.8 Å². The lowest BCUT2D eigenvalue weighted by molar-refractivity contribution is -0.116. The van der Waals surface area contributed by atoms with Gasteiger partial charge in [-0.15, -0.1) is 0 Å². The second-order valence-electron chi connectivity index (χ2n) is 7.86. The monoisotopic (exact) mass is 450 g/mol. The third-order valence-electron chi connectivity index (χ3n) is 5.40. The number of sulfone groups is 1. The van der Waals surface area contributed by atoms with Crippen LogP contribution in [0.1, 0.15) is 16.7 Å². The number of para-hydroxylation sites is 2. The number of nitrogens with one attached hydrogen (secondary N) is 1. The molecule has 0 aliphatic rings. The molecule has 1 amide bonds. The van der Waals surface area contributed by atoms with Crippen LogP contribution in [0.3, 0.4) is 0 Å². The van der Waals surface area contributed by atoms with Gasteiger partial charge in [0.2, 0.25) is 5.91 Å². The molecule has 4 rings (SSSR count). The number of aryl methyl sites for hydroxylation is 2. The van der Waals surface area contributed by atoms with E-state index in [0.717, 1.165) is 16.7 Å². The van der Waals surface area contributed by atoms with E-state index in [0.29, 0.717) is 10.9 Å². The van der Waals surface area contributed by atoms with Crippen LogP contribution in [0.15, 0.2) is 77.8 Å². The van der Waals surface area contributed by atoms with Crippen molar-refractivity contribution in [1.82, 2.24) is 4.57 Å². The normalized spacial score (nSPS) is 11.6. The number of halogens is 1. The number of carbonyl (C=O) groups is 1. The Morgan fingerprint density at radius 1 is 1.00 bits per heavy atom. The fourth-order valence-corrected chi connectivity index (χ4v) is 5.41. The second kappa shape index (κ2) is 8.59. The largest absolute Gasteiger partial charge is 0.337 e. The highest BCUT2D eigenvalue weighted by molar-refractivity contribution is 7.90. The smallest absolute Gasteiger partial charge is 0.244 e. The van der Waals surface area contributed by atoms with Crippen LogP contribution < -0.4 is 5.32 Å². The van der Waals surface area contributed by atoms with Gasteiger partial charge in [-0.1, -0.05) is 54.1 Å². The molecule has 0 atom stereocenters. The first-order chi connectivity index (χ1) is 15.2. The first-order valence-corrected chi connectivity index (χ1v) is 11.8. The van der Waals surface area contributed by atoms with Crippen LogP contribution in [-0.2, 0) is 26.9 Å². The Hall–Kier alpha value is -3.45. The minimum absolute atomic E-state index is 0.0803. The molecule has 0 saturated heterocycles. The molecule has 0 saturated carbocycles. The first kappa shape index (κ1) is 21.8. The Kier molecular flexibility index (Phi) is 5.84. The number of hydrogen-bond acceptors (Lipinski definition) is 3. The second-order valence-corrected chi connectivity index (χ2v) is 9.81. The van der Waals surface area contributed by atoms with Gasteiger partial charge in [0.15, 0.2) is 9.84 Å². The fourth-order valence-electron chi connectivity index (χ4n) is 3.74. The van der Waals surface area contributed by atoms with Crippen molar-refractivity contribution < 1.29 is 17.6 Å². The highest BCUT2D eigenvalue weighted by atomic mass is 32.2. The van der Waals surface area contributed by atoms with E-state index in [4.69, 9.17) is 0 Å². The number of hydrogen-bond donors (Lipinski definition) is 1. The maximum atomic E-state index is 13.9. The predicted molar refractivity (Wildman–Crippen MR) is 124 cm³/mol. The van der Waals surface area contributed by atoms with E-state index in [1.807, 2.05) is 32.0 Å². The number of carbonyl (C=O) groups excluding carboxylic acids is 1. The molecule has 4 aromatic rings. The zero-order valence-corrected chi connectivity index (χ0v) is 18.6. The molecule has 1 aromatic heterocycles. The molecule has 1 heterocycles. The summed E-state index contributed by atoms with van der Waals surface area (Å²) in [6.45, 7) is 3.67. The van der Waals surface area contributed by atoms with Crippen molar-refractivity contribution in [3.8, 4) is 0 Å². The van der Waals surface area contributed by atoms with Crippen molar-refractivity contribution >= 4 is 32.3 Å². The van der Waals surface area contributed by atoms with Crippen molar-refractivity contribution in [2.24, 2.45) is 0 Å². The van der Waals surface area contributed by atoms with Crippen molar-refractivity contribution in [2.75, 3.05) is 5.32 Å². The summed E-state index contributed by atoms with van der Waals surface area (Å²) in [7, 11) is -3.67. The number of amides is 1. The molecule has 0 aliphatic carbocycles. The topological polar surface area (TPSA) is 68.2 Å². The summed E-state index contributed by atoms with van der Waals surface area (Å²) in [5.41, 5.74) is 3.35. The molecule has 1 N–H and O–H groups in total. The Morgan fingerprint density at radius 2 is 1.72 bits per heavy atom. The minimum Gasteiger partial charge on any atom is -0.337 e. The summed E-state index contributed by atoms with van der Waals surface area (Å²) >= 11 is 0. The van der Waals surface area contributed by atoms with Gasteiger partial charge in [0.25, 0.3) is 0 Å². The molecule has 0 bridgehead atoms. The Morgan fingerprint density at radius 3 is 2.50 bits per heavy atom. The van der Waals surface area contributed by atoms with Gasteiger partial charge >= 0.3 is 0 Å². The van der Waals surface area contributed by atoms with E-state index in [2.05, 4.69) is 5.32 Å². The fraction of sp³-hybridized carbons (Fsp3) is 0.160. The van der Waals surface area contributed by atoms with Gasteiger partial charge in [0.05, 0.1) is 16.3 Å². The lowest BCUT2D eigenvalue weighted by Crippen LogP contribution is -2.19. The van der Waals surface area contributed by atoms with Crippen LogP contribution in [0.2, 0.25) is 0 Å². The van der Waals surface area contributed by atoms with E-state index >= 15 is 0 Å². The molecular formula is C25H23FN2O3S. The van der Waals surface area contributed by atoms with E-state index in [1.54, 1.807) is 34.9 Å². The average Bonchev–Trinajstić information content (AvgIpc) is 3.12. The maximum Gasteiger partial charge on any atom is 0.244 e. The Balaban J connectivity index is 1.67. The van der Waals surface area contributed by atoms with Crippen molar-refractivity contribution in [2.45, 2.75) is 31.0 Å². The summed E-state index contributed by atoms with van der Waals surface area (Å²) in [6.07, 6.45) is 1.49. The van der Waals surface area contributed by atoms with Gasteiger partial charge in [0.1, 0.15) is 12.4 Å². The summed E-state index contributed by atoms with van der Waals surface area (Å²) in [5, 5.41) is 3.09. The average molecular weight is 451 g/mol. The van der Waals surface area contributed by atoms with Crippen LogP contribution in [0.5, 0.6) is 0 Å². The van der Waals surface area contributed by atoms with Crippen molar-refractivity contribution in [3.05, 3.63) is 95.4 Å². The van der Waals surface area contributed by atoms with Crippen LogP contribution in [-0.4, -0.2) is 18.9 Å². The summed E-state index contributed by atoms with van der Waals surface area (Å²) < 4.78 is 42.2. The Bertz CT molecular complexity index is 1420. The molecule has 5 nitrogen and oxygen atoms in total. The summed E-state index contributed by atoms with van der Waals surface area (Å²) in [5.74, 6) is -1.11. The molecular weight excluding hydrogens is 427 g/mol. The molecule has 164 valence electrons. The molecule has 0 unspecified atom stereocenters. The predicted octanol–water partition coefficient (Wildman–Crippen LogP) is 5.01. The number of benzene rings is 3. The van der Waals surface area contributed by atoms with E-state index < -0.39 is 21.6 Å². The number of anilines is 1. The van der Waals surface area contributed by atoms with Crippen molar-refractivity contribution in [3.63, 3.8) is 0 Å². The third kappa shape index (κ3) is 4.43. The maximum absolute atomic E-state index is 13.9. The SMILES string of the molecule is Cc1ccc(C)c(CS(=O)(=O)c2cn(CC(=O)Nc3ccccc3F)c3ccccc23)c1. The number of fused-ring (bicyclic) bond motifs is 1. The number of nitrogens with zero attached hydrogens (tertiary/aromatic N) is 1. The first-order valence-electron chi connectivity index (χ1n) is 10.2. The van der Waals surface area contributed by atoms with Crippen molar-refractivity contribution in [1.29, 1.82) is 0 Å². The van der Waals surface area contributed by atoms with Crippen LogP contribution >= 0.6 is 0 Å². The van der Waals surface area contributed by atoms with Gasteiger partial charge in [-0.05, 0) is 43.2 Å². The summed E-state index contributed by atoms with van der Waals surface area (Å²) in [4.78, 5) is 12.7. The third-order valence-corrected chi connectivity index (χ3v) is 7.09. The van der Waals surface area contributed by atoms with Gasteiger partial charge in [-0.3, -0.25) is 4.79 Å². The van der Waals surface area contributed by atoms with E-state index in [9.17, 15) is 17.6 Å².